The quantitative estimate of drug-likeness (QED) is 0.326. The summed E-state index contributed by atoms with van der Waals surface area (Å²) >= 11 is 0. The number of phenols is 1. The molecule has 0 spiro atoms. The molecule has 2 aliphatic rings. The lowest BCUT2D eigenvalue weighted by atomic mass is 9.93. The number of Topliss-reactive ketones (excluding diaryl/α,β-unsaturated/α-hetero) is 1. The fourth-order valence-corrected chi connectivity index (χ4v) is 4.78. The molecule has 0 saturated carbocycles. The first kappa shape index (κ1) is 25.5. The molecule has 0 aliphatic carbocycles. The van der Waals surface area contributed by atoms with Crippen LogP contribution in [0.15, 0.2) is 42.0 Å². The molecule has 0 bridgehead atoms. The zero-order valence-electron chi connectivity index (χ0n) is 20.8. The molecule has 2 saturated heterocycles. The number of methoxy groups -OCH3 is 2. The Kier molecular flexibility index (Phi) is 7.81. The number of rotatable bonds is 8. The van der Waals surface area contributed by atoms with E-state index in [9.17, 15) is 19.8 Å². The second-order valence-electron chi connectivity index (χ2n) is 8.91. The molecule has 36 heavy (non-hydrogen) atoms. The number of nitrogens with zero attached hydrogens (tertiary/aromatic N) is 2. The monoisotopic (exact) mass is 496 g/mol. The third-order valence-electron chi connectivity index (χ3n) is 6.73. The number of carbonyl (C=O) groups is 2. The molecular formula is C27H32N2O7. The highest BCUT2D eigenvalue weighted by Crippen LogP contribution is 2.42. The molecule has 2 aliphatic heterocycles. The van der Waals surface area contributed by atoms with Gasteiger partial charge in [0, 0.05) is 31.7 Å². The Balaban J connectivity index is 1.74. The van der Waals surface area contributed by atoms with Crippen molar-refractivity contribution >= 4 is 17.4 Å². The van der Waals surface area contributed by atoms with Crippen LogP contribution in [0.3, 0.4) is 0 Å². The number of ketones is 1. The van der Waals surface area contributed by atoms with Gasteiger partial charge in [0.25, 0.3) is 11.7 Å². The van der Waals surface area contributed by atoms with Crippen molar-refractivity contribution in [1.82, 2.24) is 9.80 Å². The first-order valence-electron chi connectivity index (χ1n) is 12.0. The molecule has 2 fully saturated rings. The van der Waals surface area contributed by atoms with Crippen LogP contribution in [0.2, 0.25) is 0 Å². The molecular weight excluding hydrogens is 464 g/mol. The maximum absolute atomic E-state index is 13.3. The normalized spacial score (nSPS) is 20.1. The first-order chi connectivity index (χ1) is 17.3. The van der Waals surface area contributed by atoms with Crippen LogP contribution in [-0.4, -0.2) is 85.3 Å². The van der Waals surface area contributed by atoms with Gasteiger partial charge in [0.05, 0.1) is 39.0 Å². The van der Waals surface area contributed by atoms with E-state index in [0.717, 1.165) is 19.6 Å². The second kappa shape index (κ2) is 11.0. The van der Waals surface area contributed by atoms with Crippen molar-refractivity contribution < 1.29 is 34.0 Å². The minimum atomic E-state index is -0.828. The number of carbonyl (C=O) groups excluding carboxylic acids is 2. The molecule has 1 atom stereocenters. The number of hydrogen-bond donors (Lipinski definition) is 2. The molecule has 9 nitrogen and oxygen atoms in total. The van der Waals surface area contributed by atoms with Gasteiger partial charge in [-0.05, 0) is 54.8 Å². The third kappa shape index (κ3) is 5.03. The van der Waals surface area contributed by atoms with Gasteiger partial charge in [-0.15, -0.1) is 0 Å². The number of amides is 1. The summed E-state index contributed by atoms with van der Waals surface area (Å²) in [7, 11) is 2.98. The number of hydrogen-bond acceptors (Lipinski definition) is 8. The lowest BCUT2D eigenvalue weighted by Gasteiger charge is -2.29. The van der Waals surface area contributed by atoms with Gasteiger partial charge in [0.15, 0.2) is 11.5 Å². The van der Waals surface area contributed by atoms with Crippen molar-refractivity contribution in [2.24, 2.45) is 0 Å². The standard InChI is InChI=1S/C27H32N2O7/c1-17-15-19(34-2)6-7-20(17)25(31)23-24(18-5-8-21(30)22(16-18)35-3)29(27(33)26(23)32)10-4-9-28-11-13-36-14-12-28/h5-8,15-16,24,30-31H,4,9-14H2,1-3H3/b25-23-. The second-order valence-corrected chi connectivity index (χ2v) is 8.91. The Hall–Kier alpha value is -3.56. The maximum atomic E-state index is 13.3. The largest absolute Gasteiger partial charge is 0.507 e. The molecule has 9 heteroatoms. The van der Waals surface area contributed by atoms with E-state index in [1.54, 1.807) is 44.4 Å². The summed E-state index contributed by atoms with van der Waals surface area (Å²) in [5.41, 5.74) is 1.71. The average molecular weight is 497 g/mol. The molecule has 2 aromatic rings. The van der Waals surface area contributed by atoms with Gasteiger partial charge in [-0.25, -0.2) is 0 Å². The average Bonchev–Trinajstić information content (AvgIpc) is 3.14. The Bertz CT molecular complexity index is 1170. The van der Waals surface area contributed by atoms with E-state index < -0.39 is 17.7 Å². The molecule has 2 aromatic carbocycles. The summed E-state index contributed by atoms with van der Waals surface area (Å²) in [4.78, 5) is 30.3. The first-order valence-corrected chi connectivity index (χ1v) is 12.0. The van der Waals surface area contributed by atoms with E-state index in [0.29, 0.717) is 48.6 Å². The van der Waals surface area contributed by atoms with E-state index in [-0.39, 0.29) is 22.8 Å². The van der Waals surface area contributed by atoms with Gasteiger partial charge in [0.2, 0.25) is 0 Å². The number of morpholine rings is 1. The van der Waals surface area contributed by atoms with Crippen LogP contribution in [0.5, 0.6) is 17.2 Å². The number of aliphatic hydroxyl groups excluding tert-OH is 1. The van der Waals surface area contributed by atoms with Gasteiger partial charge in [0.1, 0.15) is 11.5 Å². The molecule has 1 amide bonds. The van der Waals surface area contributed by atoms with Gasteiger partial charge in [-0.2, -0.15) is 0 Å². The number of aryl methyl sites for hydroxylation is 1. The van der Waals surface area contributed by atoms with E-state index in [2.05, 4.69) is 4.90 Å². The number of ether oxygens (including phenoxy) is 3. The fraction of sp³-hybridized carbons (Fsp3) is 0.407. The number of aromatic hydroxyl groups is 1. The van der Waals surface area contributed by atoms with Crippen molar-refractivity contribution in [2.75, 3.05) is 53.6 Å². The fourth-order valence-electron chi connectivity index (χ4n) is 4.78. The molecule has 0 aromatic heterocycles. The summed E-state index contributed by atoms with van der Waals surface area (Å²) in [6.45, 7) is 5.90. The highest BCUT2D eigenvalue weighted by molar-refractivity contribution is 6.46. The van der Waals surface area contributed by atoms with Crippen molar-refractivity contribution in [1.29, 1.82) is 0 Å². The van der Waals surface area contributed by atoms with Gasteiger partial charge in [-0.1, -0.05) is 6.07 Å². The lowest BCUT2D eigenvalue weighted by molar-refractivity contribution is -0.140. The molecule has 1 unspecified atom stereocenters. The number of benzene rings is 2. The third-order valence-corrected chi connectivity index (χ3v) is 6.73. The van der Waals surface area contributed by atoms with Gasteiger partial charge < -0.3 is 29.3 Å². The molecule has 4 rings (SSSR count). The lowest BCUT2D eigenvalue weighted by Crippen LogP contribution is -2.38. The predicted molar refractivity (Wildman–Crippen MR) is 133 cm³/mol. The molecule has 192 valence electrons. The van der Waals surface area contributed by atoms with E-state index >= 15 is 0 Å². The van der Waals surface area contributed by atoms with Crippen LogP contribution in [0.4, 0.5) is 0 Å². The summed E-state index contributed by atoms with van der Waals surface area (Å²) in [6, 6.07) is 8.98. The van der Waals surface area contributed by atoms with Crippen LogP contribution >= 0.6 is 0 Å². The van der Waals surface area contributed by atoms with E-state index in [4.69, 9.17) is 14.2 Å². The van der Waals surface area contributed by atoms with E-state index in [1.807, 2.05) is 0 Å². The van der Waals surface area contributed by atoms with Crippen LogP contribution in [0, 0.1) is 6.92 Å². The van der Waals surface area contributed by atoms with Crippen molar-refractivity contribution in [3.63, 3.8) is 0 Å². The predicted octanol–water partition coefficient (Wildman–Crippen LogP) is 2.86. The van der Waals surface area contributed by atoms with Crippen LogP contribution in [0.1, 0.15) is 29.2 Å². The molecule has 2 N–H and O–H groups in total. The van der Waals surface area contributed by atoms with Crippen molar-refractivity contribution in [3.05, 3.63) is 58.7 Å². The summed E-state index contributed by atoms with van der Waals surface area (Å²) in [5, 5.41) is 21.5. The smallest absolute Gasteiger partial charge is 0.295 e. The topological polar surface area (TPSA) is 109 Å². The van der Waals surface area contributed by atoms with Gasteiger partial charge in [-0.3, -0.25) is 14.5 Å². The summed E-state index contributed by atoms with van der Waals surface area (Å²) in [6.07, 6.45) is 0.653. The zero-order chi connectivity index (χ0) is 25.8. The summed E-state index contributed by atoms with van der Waals surface area (Å²) < 4.78 is 15.9. The van der Waals surface area contributed by atoms with Crippen LogP contribution in [-0.2, 0) is 14.3 Å². The van der Waals surface area contributed by atoms with Crippen LogP contribution in [0.25, 0.3) is 5.76 Å². The molecule has 2 heterocycles. The Labute approximate surface area is 210 Å². The minimum absolute atomic E-state index is 0.00684. The highest BCUT2D eigenvalue weighted by atomic mass is 16.5. The van der Waals surface area contributed by atoms with Gasteiger partial charge >= 0.3 is 0 Å². The Morgan fingerprint density at radius 3 is 2.47 bits per heavy atom. The number of aliphatic hydroxyl groups is 1. The maximum Gasteiger partial charge on any atom is 0.295 e. The SMILES string of the molecule is COc1ccc(/C(O)=C2/C(=O)C(=O)N(CCCN3CCOCC3)C2c2ccc(O)c(OC)c2)c(C)c1. The minimum Gasteiger partial charge on any atom is -0.507 e. The van der Waals surface area contributed by atoms with E-state index in [1.165, 1.54) is 18.1 Å². The summed E-state index contributed by atoms with van der Waals surface area (Å²) in [5.74, 6) is -0.884. The molecule has 0 radical (unpaired) electrons. The number of likely N-dealkylation sites (tertiary alicyclic amines) is 1. The van der Waals surface area contributed by atoms with Crippen molar-refractivity contribution in [2.45, 2.75) is 19.4 Å². The zero-order valence-corrected chi connectivity index (χ0v) is 20.8. The Morgan fingerprint density at radius 2 is 1.81 bits per heavy atom. The highest BCUT2D eigenvalue weighted by Gasteiger charge is 2.46. The van der Waals surface area contributed by atoms with Crippen LogP contribution < -0.4 is 9.47 Å². The Morgan fingerprint density at radius 1 is 1.06 bits per heavy atom. The van der Waals surface area contributed by atoms with Crippen molar-refractivity contribution in [3.8, 4) is 17.2 Å². The number of phenolic OH excluding ortho intramolecular Hbond substituents is 1.